The molecule has 1 aliphatic heterocycles. The molecule has 21 heavy (non-hydrogen) atoms. The molecule has 2 aromatic carbocycles. The highest BCUT2D eigenvalue weighted by atomic mass is 16.5. The van der Waals surface area contributed by atoms with Crippen molar-refractivity contribution in [2.75, 3.05) is 18.5 Å². The van der Waals surface area contributed by atoms with Crippen molar-refractivity contribution in [1.82, 2.24) is 0 Å². The van der Waals surface area contributed by atoms with Gasteiger partial charge in [0.05, 0.1) is 12.7 Å². The number of benzene rings is 2. The summed E-state index contributed by atoms with van der Waals surface area (Å²) in [5, 5.41) is 3.58. The van der Waals surface area contributed by atoms with Crippen molar-refractivity contribution >= 4 is 5.69 Å². The van der Waals surface area contributed by atoms with E-state index in [1.165, 1.54) is 28.8 Å². The fourth-order valence-electron chi connectivity index (χ4n) is 3.03. The van der Waals surface area contributed by atoms with Gasteiger partial charge in [-0.05, 0) is 35.6 Å². The van der Waals surface area contributed by atoms with Crippen LogP contribution in [0.4, 0.5) is 5.69 Å². The number of ether oxygens (including phenoxy) is 1. The monoisotopic (exact) mass is 281 g/mol. The highest BCUT2D eigenvalue weighted by molar-refractivity contribution is 5.51. The summed E-state index contributed by atoms with van der Waals surface area (Å²) in [6, 6.07) is 17.2. The van der Waals surface area contributed by atoms with E-state index in [-0.39, 0.29) is 6.10 Å². The minimum atomic E-state index is 0.157. The van der Waals surface area contributed by atoms with Crippen LogP contribution in [0.2, 0.25) is 0 Å². The van der Waals surface area contributed by atoms with E-state index in [0.717, 1.165) is 26.0 Å². The molecule has 110 valence electrons. The lowest BCUT2D eigenvalue weighted by atomic mass is 9.97. The number of para-hydroxylation sites is 1. The second-order valence-corrected chi connectivity index (χ2v) is 5.60. The quantitative estimate of drug-likeness (QED) is 0.879. The summed E-state index contributed by atoms with van der Waals surface area (Å²) in [5.41, 5.74) is 5.40. The van der Waals surface area contributed by atoms with Gasteiger partial charge >= 0.3 is 0 Å². The van der Waals surface area contributed by atoms with Crippen molar-refractivity contribution in [2.24, 2.45) is 0 Å². The van der Waals surface area contributed by atoms with Gasteiger partial charge in [-0.3, -0.25) is 0 Å². The standard InChI is InChI=1S/C19H23NO/c1-2-7-16-9-4-6-11-18(16)20-14-19-17-10-5-3-8-15(17)12-13-21-19/h3-6,8-11,19-20H,2,7,12-14H2,1H3. The summed E-state index contributed by atoms with van der Waals surface area (Å²) in [5.74, 6) is 0. The number of hydrogen-bond acceptors (Lipinski definition) is 2. The zero-order chi connectivity index (χ0) is 14.5. The molecular weight excluding hydrogens is 258 g/mol. The molecule has 2 nitrogen and oxygen atoms in total. The molecule has 3 rings (SSSR count). The van der Waals surface area contributed by atoms with Crippen molar-refractivity contribution in [1.29, 1.82) is 0 Å². The number of nitrogens with one attached hydrogen (secondary N) is 1. The Hall–Kier alpha value is -1.80. The number of hydrogen-bond donors (Lipinski definition) is 1. The van der Waals surface area contributed by atoms with Crippen LogP contribution in [0.5, 0.6) is 0 Å². The van der Waals surface area contributed by atoms with Gasteiger partial charge in [-0.25, -0.2) is 0 Å². The molecule has 0 saturated carbocycles. The number of fused-ring (bicyclic) bond motifs is 1. The minimum absolute atomic E-state index is 0.157. The third kappa shape index (κ3) is 3.27. The van der Waals surface area contributed by atoms with Crippen LogP contribution in [0.3, 0.4) is 0 Å². The smallest absolute Gasteiger partial charge is 0.0999 e. The Kier molecular flexibility index (Phi) is 4.56. The Morgan fingerprint density at radius 2 is 1.90 bits per heavy atom. The van der Waals surface area contributed by atoms with Crippen LogP contribution >= 0.6 is 0 Å². The Balaban J connectivity index is 1.72. The minimum Gasteiger partial charge on any atom is -0.382 e. The fraction of sp³-hybridized carbons (Fsp3) is 0.368. The molecule has 0 radical (unpaired) electrons. The topological polar surface area (TPSA) is 21.3 Å². The predicted octanol–water partition coefficient (Wildman–Crippen LogP) is 4.37. The summed E-state index contributed by atoms with van der Waals surface area (Å²) in [6.07, 6.45) is 3.47. The maximum atomic E-state index is 5.96. The number of anilines is 1. The van der Waals surface area contributed by atoms with Crippen LogP contribution in [0.15, 0.2) is 48.5 Å². The molecule has 1 N–H and O–H groups in total. The third-order valence-corrected chi connectivity index (χ3v) is 4.11. The van der Waals surface area contributed by atoms with Crippen LogP contribution in [-0.2, 0) is 17.6 Å². The van der Waals surface area contributed by atoms with Gasteiger partial charge in [-0.2, -0.15) is 0 Å². The van der Waals surface area contributed by atoms with Gasteiger partial charge in [0, 0.05) is 12.2 Å². The van der Waals surface area contributed by atoms with Crippen LogP contribution in [0.25, 0.3) is 0 Å². The summed E-state index contributed by atoms with van der Waals surface area (Å²) >= 11 is 0. The van der Waals surface area contributed by atoms with E-state index >= 15 is 0 Å². The normalized spacial score (nSPS) is 17.3. The molecule has 1 unspecified atom stereocenters. The van der Waals surface area contributed by atoms with Crippen molar-refractivity contribution < 1.29 is 4.74 Å². The Morgan fingerprint density at radius 3 is 2.81 bits per heavy atom. The maximum Gasteiger partial charge on any atom is 0.0999 e. The average Bonchev–Trinajstić information content (AvgIpc) is 2.54. The van der Waals surface area contributed by atoms with E-state index in [0.29, 0.717) is 0 Å². The molecule has 0 amide bonds. The molecule has 0 fully saturated rings. The zero-order valence-electron chi connectivity index (χ0n) is 12.6. The van der Waals surface area contributed by atoms with Gasteiger partial charge < -0.3 is 10.1 Å². The second kappa shape index (κ2) is 6.77. The number of aryl methyl sites for hydroxylation is 1. The van der Waals surface area contributed by atoms with E-state index in [1.54, 1.807) is 0 Å². The first kappa shape index (κ1) is 14.2. The molecule has 1 aliphatic rings. The van der Waals surface area contributed by atoms with Crippen LogP contribution in [0, 0.1) is 0 Å². The SMILES string of the molecule is CCCc1ccccc1NCC1OCCc2ccccc21. The van der Waals surface area contributed by atoms with E-state index in [1.807, 2.05) is 0 Å². The largest absolute Gasteiger partial charge is 0.382 e. The van der Waals surface area contributed by atoms with Crippen LogP contribution in [-0.4, -0.2) is 13.2 Å². The lowest BCUT2D eigenvalue weighted by Crippen LogP contribution is -2.23. The van der Waals surface area contributed by atoms with E-state index < -0.39 is 0 Å². The summed E-state index contributed by atoms with van der Waals surface area (Å²) in [7, 11) is 0. The molecule has 0 saturated heterocycles. The highest BCUT2D eigenvalue weighted by Crippen LogP contribution is 2.27. The van der Waals surface area contributed by atoms with Gasteiger partial charge in [-0.15, -0.1) is 0 Å². The summed E-state index contributed by atoms with van der Waals surface area (Å²) in [4.78, 5) is 0. The molecule has 0 bridgehead atoms. The molecular formula is C19H23NO. The van der Waals surface area contributed by atoms with E-state index in [2.05, 4.69) is 60.8 Å². The van der Waals surface area contributed by atoms with Gasteiger partial charge in [0.25, 0.3) is 0 Å². The van der Waals surface area contributed by atoms with E-state index in [9.17, 15) is 0 Å². The third-order valence-electron chi connectivity index (χ3n) is 4.11. The lowest BCUT2D eigenvalue weighted by molar-refractivity contribution is 0.0513. The first-order valence-electron chi connectivity index (χ1n) is 7.89. The highest BCUT2D eigenvalue weighted by Gasteiger charge is 2.20. The van der Waals surface area contributed by atoms with Crippen molar-refractivity contribution in [2.45, 2.75) is 32.3 Å². The Morgan fingerprint density at radius 1 is 1.10 bits per heavy atom. The van der Waals surface area contributed by atoms with Gasteiger partial charge in [0.1, 0.15) is 0 Å². The molecule has 2 aromatic rings. The van der Waals surface area contributed by atoms with Crippen LogP contribution in [0.1, 0.15) is 36.1 Å². The molecule has 0 spiro atoms. The average molecular weight is 281 g/mol. The fourth-order valence-corrected chi connectivity index (χ4v) is 3.03. The zero-order valence-corrected chi connectivity index (χ0v) is 12.6. The Bertz CT molecular complexity index is 594. The van der Waals surface area contributed by atoms with Crippen LogP contribution < -0.4 is 5.32 Å². The van der Waals surface area contributed by atoms with Crippen molar-refractivity contribution in [3.8, 4) is 0 Å². The maximum absolute atomic E-state index is 5.96. The molecule has 2 heteroatoms. The van der Waals surface area contributed by atoms with Gasteiger partial charge in [0.15, 0.2) is 0 Å². The molecule has 0 aliphatic carbocycles. The van der Waals surface area contributed by atoms with Gasteiger partial charge in [-0.1, -0.05) is 55.8 Å². The second-order valence-electron chi connectivity index (χ2n) is 5.60. The van der Waals surface area contributed by atoms with Crippen molar-refractivity contribution in [3.05, 3.63) is 65.2 Å². The molecule has 1 atom stereocenters. The van der Waals surface area contributed by atoms with Gasteiger partial charge in [0.2, 0.25) is 0 Å². The predicted molar refractivity (Wildman–Crippen MR) is 87.8 cm³/mol. The first-order valence-corrected chi connectivity index (χ1v) is 7.89. The van der Waals surface area contributed by atoms with E-state index in [4.69, 9.17) is 4.74 Å². The summed E-state index contributed by atoms with van der Waals surface area (Å²) < 4.78 is 5.96. The molecule has 1 heterocycles. The lowest BCUT2D eigenvalue weighted by Gasteiger charge is -2.27. The first-order chi connectivity index (χ1) is 10.4. The molecule has 0 aromatic heterocycles. The summed E-state index contributed by atoms with van der Waals surface area (Å²) in [6.45, 7) is 3.87. The number of rotatable bonds is 5. The van der Waals surface area contributed by atoms with Crippen molar-refractivity contribution in [3.63, 3.8) is 0 Å². The Labute approximate surface area is 127 Å².